The smallest absolute Gasteiger partial charge is 0.339 e. The van der Waals surface area contributed by atoms with Gasteiger partial charge in [-0.15, -0.1) is 0 Å². The fourth-order valence-electron chi connectivity index (χ4n) is 1.67. The van der Waals surface area contributed by atoms with Gasteiger partial charge in [0.15, 0.2) is 0 Å². The highest BCUT2D eigenvalue weighted by molar-refractivity contribution is 6.03. The number of hydroxylamine groups is 1. The highest BCUT2D eigenvalue weighted by atomic mass is 16.6. The molecule has 0 fully saturated rings. The minimum atomic E-state index is -0.997. The largest absolute Gasteiger partial charge is 0.478 e. The molecule has 2 N–H and O–H groups in total. The second-order valence-corrected chi connectivity index (χ2v) is 3.46. The van der Waals surface area contributed by atoms with Crippen LogP contribution in [0.25, 0.3) is 11.0 Å². The molecule has 2 aromatic rings. The van der Waals surface area contributed by atoms with Gasteiger partial charge in [0.25, 0.3) is 0 Å². The maximum absolute atomic E-state index is 11.2. The molecule has 1 aromatic heterocycles. The van der Waals surface area contributed by atoms with Crippen LogP contribution in [0.3, 0.4) is 0 Å². The van der Waals surface area contributed by atoms with Crippen LogP contribution in [-0.2, 0) is 11.4 Å². The van der Waals surface area contributed by atoms with Crippen LogP contribution >= 0.6 is 0 Å². The van der Waals surface area contributed by atoms with Crippen LogP contribution < -0.4 is 5.48 Å². The standard InChI is InChI=1S/C12H13NO4/c1-2-16-13-7-10-11(12(14)15)8-5-3-4-6-9(8)17-10/h3-6,13H,2,7H2,1H3,(H,14,15). The van der Waals surface area contributed by atoms with Gasteiger partial charge in [-0.25, -0.2) is 4.79 Å². The molecule has 17 heavy (non-hydrogen) atoms. The molecule has 90 valence electrons. The maximum Gasteiger partial charge on any atom is 0.339 e. The van der Waals surface area contributed by atoms with E-state index < -0.39 is 5.97 Å². The Morgan fingerprint density at radius 3 is 2.94 bits per heavy atom. The summed E-state index contributed by atoms with van der Waals surface area (Å²) in [5.41, 5.74) is 3.41. The summed E-state index contributed by atoms with van der Waals surface area (Å²) in [6.07, 6.45) is 0. The zero-order valence-corrected chi connectivity index (χ0v) is 9.40. The Morgan fingerprint density at radius 1 is 1.47 bits per heavy atom. The predicted molar refractivity (Wildman–Crippen MR) is 61.6 cm³/mol. The van der Waals surface area contributed by atoms with E-state index in [2.05, 4.69) is 5.48 Å². The van der Waals surface area contributed by atoms with Gasteiger partial charge in [-0.1, -0.05) is 18.2 Å². The summed E-state index contributed by atoms with van der Waals surface area (Å²) in [7, 11) is 0. The molecule has 0 bridgehead atoms. The molecule has 0 unspecified atom stereocenters. The van der Waals surface area contributed by atoms with Crippen molar-refractivity contribution >= 4 is 16.9 Å². The summed E-state index contributed by atoms with van der Waals surface area (Å²) in [5, 5.41) is 9.79. The van der Waals surface area contributed by atoms with Gasteiger partial charge in [-0.2, -0.15) is 5.48 Å². The first-order chi connectivity index (χ1) is 8.24. The Labute approximate surface area is 97.9 Å². The fourth-order valence-corrected chi connectivity index (χ4v) is 1.67. The van der Waals surface area contributed by atoms with E-state index in [1.165, 1.54) is 0 Å². The number of hydrogen-bond acceptors (Lipinski definition) is 4. The first-order valence-electron chi connectivity index (χ1n) is 5.32. The van der Waals surface area contributed by atoms with Gasteiger partial charge in [0.05, 0.1) is 13.2 Å². The summed E-state index contributed by atoms with van der Waals surface area (Å²) in [6.45, 7) is 2.57. The Hall–Kier alpha value is -1.85. The van der Waals surface area contributed by atoms with Gasteiger partial charge < -0.3 is 14.4 Å². The molecule has 2 rings (SSSR count). The molecule has 0 radical (unpaired) electrons. The predicted octanol–water partition coefficient (Wildman–Crippen LogP) is 2.17. The van der Waals surface area contributed by atoms with Gasteiger partial charge in [0.2, 0.25) is 0 Å². The van der Waals surface area contributed by atoms with Crippen molar-refractivity contribution in [3.05, 3.63) is 35.6 Å². The third kappa shape index (κ3) is 2.30. The molecule has 1 aromatic carbocycles. The first kappa shape index (κ1) is 11.6. The van der Waals surface area contributed by atoms with Gasteiger partial charge in [0, 0.05) is 5.39 Å². The molecule has 0 atom stereocenters. The van der Waals surface area contributed by atoms with E-state index in [1.54, 1.807) is 24.3 Å². The van der Waals surface area contributed by atoms with E-state index >= 15 is 0 Å². The minimum absolute atomic E-state index is 0.188. The molecule has 5 nitrogen and oxygen atoms in total. The van der Waals surface area contributed by atoms with Crippen molar-refractivity contribution in [2.75, 3.05) is 6.61 Å². The van der Waals surface area contributed by atoms with E-state index in [0.717, 1.165) is 0 Å². The Balaban J connectivity index is 2.39. The maximum atomic E-state index is 11.2. The average Bonchev–Trinajstić information content (AvgIpc) is 2.67. The second-order valence-electron chi connectivity index (χ2n) is 3.46. The molecule has 0 saturated carbocycles. The lowest BCUT2D eigenvalue weighted by Gasteiger charge is -2.01. The number of fused-ring (bicyclic) bond motifs is 1. The summed E-state index contributed by atoms with van der Waals surface area (Å²) in [6, 6.07) is 7.06. The number of carbonyl (C=O) groups is 1. The van der Waals surface area contributed by atoms with Crippen LogP contribution in [0.15, 0.2) is 28.7 Å². The molecular formula is C12H13NO4. The zero-order chi connectivity index (χ0) is 12.3. The molecule has 0 saturated heterocycles. The van der Waals surface area contributed by atoms with Gasteiger partial charge in [0.1, 0.15) is 16.9 Å². The van der Waals surface area contributed by atoms with E-state index in [0.29, 0.717) is 23.3 Å². The summed E-state index contributed by atoms with van der Waals surface area (Å²) in [4.78, 5) is 16.2. The summed E-state index contributed by atoms with van der Waals surface area (Å²) in [5.74, 6) is -0.629. The molecule has 1 heterocycles. The van der Waals surface area contributed by atoms with Crippen molar-refractivity contribution in [2.24, 2.45) is 0 Å². The molecular weight excluding hydrogens is 222 g/mol. The van der Waals surface area contributed by atoms with Crippen LogP contribution in [0.2, 0.25) is 0 Å². The summed E-state index contributed by atoms with van der Waals surface area (Å²) < 4.78 is 5.48. The van der Waals surface area contributed by atoms with E-state index in [9.17, 15) is 9.90 Å². The normalized spacial score (nSPS) is 10.9. The Morgan fingerprint density at radius 2 is 2.24 bits per heavy atom. The van der Waals surface area contributed by atoms with E-state index in [1.807, 2.05) is 6.92 Å². The van der Waals surface area contributed by atoms with Crippen molar-refractivity contribution in [1.82, 2.24) is 5.48 Å². The topological polar surface area (TPSA) is 71.7 Å². The lowest BCUT2D eigenvalue weighted by Crippen LogP contribution is -2.15. The second kappa shape index (κ2) is 4.99. The van der Waals surface area contributed by atoms with Gasteiger partial charge in [-0.3, -0.25) is 0 Å². The average molecular weight is 235 g/mol. The van der Waals surface area contributed by atoms with Crippen molar-refractivity contribution < 1.29 is 19.2 Å². The number of benzene rings is 1. The number of aromatic carboxylic acids is 1. The van der Waals surface area contributed by atoms with Crippen LogP contribution in [0, 0.1) is 0 Å². The number of furan rings is 1. The van der Waals surface area contributed by atoms with Gasteiger partial charge in [-0.05, 0) is 13.0 Å². The van der Waals surface area contributed by atoms with Crippen LogP contribution in [0.4, 0.5) is 0 Å². The molecule has 0 aliphatic rings. The molecule has 0 aliphatic carbocycles. The number of rotatable bonds is 5. The SMILES string of the molecule is CCONCc1oc2ccccc2c1C(=O)O. The highest BCUT2D eigenvalue weighted by Crippen LogP contribution is 2.25. The molecule has 0 amide bonds. The van der Waals surface area contributed by atoms with Gasteiger partial charge >= 0.3 is 5.97 Å². The van der Waals surface area contributed by atoms with Crippen molar-refractivity contribution in [3.8, 4) is 0 Å². The fraction of sp³-hybridized carbons (Fsp3) is 0.250. The van der Waals surface area contributed by atoms with Crippen LogP contribution in [0.5, 0.6) is 0 Å². The molecule has 5 heteroatoms. The Kier molecular flexibility index (Phi) is 3.41. The molecule has 0 spiro atoms. The lowest BCUT2D eigenvalue weighted by atomic mass is 10.1. The summed E-state index contributed by atoms with van der Waals surface area (Å²) >= 11 is 0. The van der Waals surface area contributed by atoms with Crippen molar-refractivity contribution in [2.45, 2.75) is 13.5 Å². The molecule has 0 aliphatic heterocycles. The highest BCUT2D eigenvalue weighted by Gasteiger charge is 2.19. The lowest BCUT2D eigenvalue weighted by molar-refractivity contribution is 0.0422. The Bertz CT molecular complexity index is 532. The first-order valence-corrected chi connectivity index (χ1v) is 5.32. The number of carboxylic acid groups (broad SMARTS) is 1. The third-order valence-corrected chi connectivity index (χ3v) is 2.36. The monoisotopic (exact) mass is 235 g/mol. The quantitative estimate of drug-likeness (QED) is 0.613. The third-order valence-electron chi connectivity index (χ3n) is 2.36. The number of hydrogen-bond donors (Lipinski definition) is 2. The zero-order valence-electron chi connectivity index (χ0n) is 9.40. The van der Waals surface area contributed by atoms with Crippen LogP contribution in [-0.4, -0.2) is 17.7 Å². The minimum Gasteiger partial charge on any atom is -0.478 e. The van der Waals surface area contributed by atoms with Crippen LogP contribution in [0.1, 0.15) is 23.0 Å². The van der Waals surface area contributed by atoms with E-state index in [-0.39, 0.29) is 12.1 Å². The van der Waals surface area contributed by atoms with E-state index in [4.69, 9.17) is 9.25 Å². The number of carboxylic acids is 1. The number of para-hydroxylation sites is 1. The van der Waals surface area contributed by atoms with Crippen molar-refractivity contribution in [3.63, 3.8) is 0 Å². The number of nitrogens with one attached hydrogen (secondary N) is 1. The van der Waals surface area contributed by atoms with Crippen molar-refractivity contribution in [1.29, 1.82) is 0 Å².